The fourth-order valence-corrected chi connectivity index (χ4v) is 4.84. The Morgan fingerprint density at radius 1 is 1.45 bits per heavy atom. The molecule has 0 bridgehead atoms. The van der Waals surface area contributed by atoms with Gasteiger partial charge in [-0.05, 0) is 38.3 Å². The molecule has 1 aromatic carbocycles. The van der Waals surface area contributed by atoms with Gasteiger partial charge in [0.15, 0.2) is 5.57 Å². The van der Waals surface area contributed by atoms with Gasteiger partial charge in [0.2, 0.25) is 5.91 Å². The molecular weight excluding hydrogens is 386 g/mol. The maximum atomic E-state index is 12.9. The highest BCUT2D eigenvalue weighted by atomic mass is 32.2. The molecule has 1 amide bonds. The molecule has 29 heavy (non-hydrogen) atoms. The highest BCUT2D eigenvalue weighted by molar-refractivity contribution is 8.04. The number of esters is 1. The number of aryl methyl sites for hydroxylation is 2. The number of ether oxygens (including phenoxy) is 1. The van der Waals surface area contributed by atoms with Crippen molar-refractivity contribution in [1.29, 1.82) is 5.26 Å². The van der Waals surface area contributed by atoms with Gasteiger partial charge in [-0.25, -0.2) is 4.79 Å². The zero-order valence-corrected chi connectivity index (χ0v) is 17.3. The number of nitrogens with zero attached hydrogens (tertiary/aromatic N) is 2. The van der Waals surface area contributed by atoms with Gasteiger partial charge in [-0.2, -0.15) is 5.26 Å². The van der Waals surface area contributed by atoms with Crippen LogP contribution in [0.2, 0.25) is 0 Å². The summed E-state index contributed by atoms with van der Waals surface area (Å²) in [7, 11) is 0. The number of thioether (sulfide) groups is 1. The average molecular weight is 410 g/mol. The van der Waals surface area contributed by atoms with Crippen molar-refractivity contribution in [2.75, 3.05) is 13.2 Å². The Morgan fingerprint density at radius 3 is 2.90 bits per heavy atom. The lowest BCUT2D eigenvalue weighted by molar-refractivity contribution is -0.137. The Bertz CT molecular complexity index is 1030. The highest BCUT2D eigenvalue weighted by Crippen LogP contribution is 2.40. The third kappa shape index (κ3) is 4.08. The molecule has 1 saturated heterocycles. The van der Waals surface area contributed by atoms with Gasteiger partial charge in [-0.3, -0.25) is 4.79 Å². The molecule has 2 heterocycles. The van der Waals surface area contributed by atoms with E-state index in [-0.39, 0.29) is 23.3 Å². The summed E-state index contributed by atoms with van der Waals surface area (Å²) in [5.74, 6) is -0.802. The third-order valence-electron chi connectivity index (χ3n) is 4.90. The van der Waals surface area contributed by atoms with E-state index >= 15 is 0 Å². The molecule has 0 spiro atoms. The SMILES string of the molecule is C=CCOC(=O)/C(C#N)=C1\SC(CCc2c(C)[nH]c3ccccc23)C(=O)N1CC. The fraction of sp³-hybridized carbons (Fsp3) is 0.318. The molecule has 1 N–H and O–H groups in total. The Kier molecular flexibility index (Phi) is 6.45. The molecule has 0 saturated carbocycles. The monoisotopic (exact) mass is 409 g/mol. The number of amides is 1. The van der Waals surface area contributed by atoms with Crippen LogP contribution in [0.1, 0.15) is 24.6 Å². The van der Waals surface area contributed by atoms with Gasteiger partial charge in [0, 0.05) is 23.1 Å². The van der Waals surface area contributed by atoms with E-state index in [1.165, 1.54) is 28.3 Å². The molecule has 1 aromatic heterocycles. The number of benzene rings is 1. The van der Waals surface area contributed by atoms with Crippen LogP contribution in [0.25, 0.3) is 10.9 Å². The van der Waals surface area contributed by atoms with E-state index in [9.17, 15) is 14.9 Å². The molecule has 1 unspecified atom stereocenters. The van der Waals surface area contributed by atoms with Crippen LogP contribution >= 0.6 is 11.8 Å². The largest absolute Gasteiger partial charge is 0.457 e. The molecule has 3 rings (SSSR count). The molecule has 1 aliphatic rings. The van der Waals surface area contributed by atoms with Gasteiger partial charge in [-0.1, -0.05) is 42.6 Å². The minimum Gasteiger partial charge on any atom is -0.457 e. The number of fused-ring (bicyclic) bond motifs is 1. The number of hydrogen-bond donors (Lipinski definition) is 1. The van der Waals surface area contributed by atoms with Crippen molar-refractivity contribution in [2.45, 2.75) is 31.9 Å². The first-order chi connectivity index (χ1) is 14.0. The second kappa shape index (κ2) is 9.01. The van der Waals surface area contributed by atoms with Crippen molar-refractivity contribution in [2.24, 2.45) is 0 Å². The smallest absolute Gasteiger partial charge is 0.351 e. The summed E-state index contributed by atoms with van der Waals surface area (Å²) in [6.07, 6.45) is 2.79. The number of nitriles is 1. The van der Waals surface area contributed by atoms with Crippen molar-refractivity contribution in [1.82, 2.24) is 9.88 Å². The van der Waals surface area contributed by atoms with E-state index in [1.54, 1.807) is 0 Å². The maximum Gasteiger partial charge on any atom is 0.351 e. The summed E-state index contributed by atoms with van der Waals surface area (Å²) < 4.78 is 5.01. The van der Waals surface area contributed by atoms with Crippen LogP contribution in [-0.4, -0.2) is 40.2 Å². The third-order valence-corrected chi connectivity index (χ3v) is 6.27. The minimum absolute atomic E-state index is 0.0191. The minimum atomic E-state index is -0.728. The van der Waals surface area contributed by atoms with Gasteiger partial charge in [0.1, 0.15) is 17.7 Å². The zero-order valence-electron chi connectivity index (χ0n) is 16.5. The van der Waals surface area contributed by atoms with Crippen LogP contribution in [0, 0.1) is 18.3 Å². The zero-order chi connectivity index (χ0) is 21.0. The topological polar surface area (TPSA) is 86.2 Å². The number of H-pyrrole nitrogens is 1. The van der Waals surface area contributed by atoms with Crippen LogP contribution in [0.4, 0.5) is 0 Å². The lowest BCUT2D eigenvalue weighted by Crippen LogP contribution is -2.29. The first kappa shape index (κ1) is 20.7. The van der Waals surface area contributed by atoms with Crippen LogP contribution in [0.3, 0.4) is 0 Å². The molecule has 2 aromatic rings. The van der Waals surface area contributed by atoms with E-state index < -0.39 is 5.97 Å². The van der Waals surface area contributed by atoms with Gasteiger partial charge in [0.25, 0.3) is 0 Å². The average Bonchev–Trinajstić information content (AvgIpc) is 3.21. The molecule has 6 nitrogen and oxygen atoms in total. The normalized spacial score (nSPS) is 18.0. The van der Waals surface area contributed by atoms with Crippen molar-refractivity contribution in [3.05, 3.63) is 58.8 Å². The molecule has 1 aliphatic heterocycles. The van der Waals surface area contributed by atoms with Crippen molar-refractivity contribution in [3.63, 3.8) is 0 Å². The number of aromatic amines is 1. The van der Waals surface area contributed by atoms with Crippen molar-refractivity contribution >= 4 is 34.5 Å². The molecule has 0 aliphatic carbocycles. The first-order valence-corrected chi connectivity index (χ1v) is 10.4. The van der Waals surface area contributed by atoms with Gasteiger partial charge in [-0.15, -0.1) is 0 Å². The van der Waals surface area contributed by atoms with E-state index in [4.69, 9.17) is 4.74 Å². The fourth-order valence-electron chi connectivity index (χ4n) is 3.52. The number of nitrogens with one attached hydrogen (secondary N) is 1. The summed E-state index contributed by atoms with van der Waals surface area (Å²) in [5, 5.41) is 10.7. The van der Waals surface area contributed by atoms with E-state index in [1.807, 2.05) is 38.1 Å². The lowest BCUT2D eigenvalue weighted by atomic mass is 10.0. The van der Waals surface area contributed by atoms with Crippen LogP contribution in [0.15, 0.2) is 47.5 Å². The predicted molar refractivity (Wildman–Crippen MR) is 114 cm³/mol. The molecule has 1 fully saturated rings. The number of para-hydroxylation sites is 1. The van der Waals surface area contributed by atoms with Gasteiger partial charge < -0.3 is 14.6 Å². The summed E-state index contributed by atoms with van der Waals surface area (Å²) in [4.78, 5) is 30.0. The Hall–Kier alpha value is -2.98. The summed E-state index contributed by atoms with van der Waals surface area (Å²) in [5.41, 5.74) is 3.24. The Morgan fingerprint density at radius 2 is 2.21 bits per heavy atom. The molecule has 150 valence electrons. The highest BCUT2D eigenvalue weighted by Gasteiger charge is 2.39. The van der Waals surface area contributed by atoms with Crippen LogP contribution in [0.5, 0.6) is 0 Å². The quantitative estimate of drug-likeness (QED) is 0.325. The lowest BCUT2D eigenvalue weighted by Gasteiger charge is -2.15. The van der Waals surface area contributed by atoms with Crippen molar-refractivity contribution in [3.8, 4) is 6.07 Å². The number of hydrogen-bond acceptors (Lipinski definition) is 5. The van der Waals surface area contributed by atoms with E-state index in [2.05, 4.69) is 17.6 Å². The molecule has 1 atom stereocenters. The van der Waals surface area contributed by atoms with Gasteiger partial charge >= 0.3 is 5.97 Å². The number of carbonyl (C=O) groups excluding carboxylic acids is 2. The summed E-state index contributed by atoms with van der Waals surface area (Å²) in [6, 6.07) is 10.0. The second-order valence-corrected chi connectivity index (χ2v) is 7.87. The summed E-state index contributed by atoms with van der Waals surface area (Å²) >= 11 is 1.28. The number of rotatable bonds is 7. The van der Waals surface area contributed by atoms with Crippen molar-refractivity contribution < 1.29 is 14.3 Å². The Balaban J connectivity index is 1.82. The van der Waals surface area contributed by atoms with Crippen LogP contribution in [-0.2, 0) is 20.7 Å². The number of aromatic nitrogens is 1. The first-order valence-electron chi connectivity index (χ1n) is 9.48. The standard InChI is InChI=1S/C22H23N3O3S/c1-4-12-28-22(27)17(13-23)21-25(5-2)20(26)19(29-21)11-10-15-14(3)24-18-9-7-6-8-16(15)18/h4,6-9,19,24H,1,5,10-12H2,2-3H3/b21-17-. The van der Waals surface area contributed by atoms with E-state index in [0.717, 1.165) is 23.0 Å². The summed E-state index contributed by atoms with van der Waals surface area (Å²) in [6.45, 7) is 7.77. The molecular formula is C22H23N3O3S. The predicted octanol–water partition coefficient (Wildman–Crippen LogP) is 3.84. The van der Waals surface area contributed by atoms with Crippen LogP contribution < -0.4 is 0 Å². The number of carbonyl (C=O) groups is 2. The van der Waals surface area contributed by atoms with Gasteiger partial charge in [0.05, 0.1) is 5.25 Å². The molecule has 0 radical (unpaired) electrons. The Labute approximate surface area is 174 Å². The maximum absolute atomic E-state index is 12.9. The molecule has 7 heteroatoms. The van der Waals surface area contributed by atoms with E-state index in [0.29, 0.717) is 18.0 Å². The second-order valence-electron chi connectivity index (χ2n) is 6.68.